The largest absolute Gasteiger partial charge is 0.508 e. The van der Waals surface area contributed by atoms with E-state index in [0.717, 1.165) is 120 Å². The van der Waals surface area contributed by atoms with Crippen molar-refractivity contribution in [2.24, 2.45) is 0 Å². The average Bonchev–Trinajstić information content (AvgIpc) is 1.47. The SMILES string of the molecule is C.CC(=O)NCc1ccc(Cn2cccc2)cc1.CCc1ccc(Cn2ccnc2)cc1.O=C(OCc1ccc(Cn2cccc2)cc1)OCc1ccc(Cn2ccnc2)cc1.O=C(OCc1ccc(Cn2cccc2)cc1)c1ccc(Cn2ccnc2)cc1.O=C(OCc1ccccc1Cn1cccc1)OCc1ccccc1Cn1ccnc1.c1cn(COc2ccc(Cn3ccnc3)cc2)cn1. The van der Waals surface area contributed by atoms with Crippen LogP contribution in [0.1, 0.15) is 121 Å². The zero-order valence-corrected chi connectivity index (χ0v) is 77.2. The molecule has 0 aliphatic rings. The molecule has 27 heteroatoms. The van der Waals surface area contributed by atoms with Crippen LogP contribution in [-0.2, 0) is 140 Å². The first-order chi connectivity index (χ1) is 67.8. The van der Waals surface area contributed by atoms with Gasteiger partial charge in [0.15, 0.2) is 6.73 Å². The summed E-state index contributed by atoms with van der Waals surface area (Å²) in [5, 5.41) is 2.78. The van der Waals surface area contributed by atoms with Crippen molar-refractivity contribution in [3.05, 3.63) is 523 Å². The molecule has 0 atom stereocenters. The van der Waals surface area contributed by atoms with Crippen LogP contribution < -0.4 is 10.1 Å². The van der Waals surface area contributed by atoms with E-state index in [1.165, 1.54) is 40.3 Å². The molecule has 10 heterocycles. The van der Waals surface area contributed by atoms with Gasteiger partial charge in [-0.05, 0) is 168 Å². The van der Waals surface area contributed by atoms with Crippen LogP contribution >= 0.6 is 0 Å². The van der Waals surface area contributed by atoms with Crippen molar-refractivity contribution in [1.82, 2.24) is 80.9 Å². The molecule has 0 unspecified atom stereocenters. The normalized spacial score (nSPS) is 10.5. The second-order valence-electron chi connectivity index (χ2n) is 32.4. The van der Waals surface area contributed by atoms with E-state index in [1.54, 1.807) is 74.6 Å². The van der Waals surface area contributed by atoms with Gasteiger partial charge < -0.3 is 79.4 Å². The van der Waals surface area contributed by atoms with Crippen molar-refractivity contribution in [2.75, 3.05) is 0 Å². The summed E-state index contributed by atoms with van der Waals surface area (Å²) in [7, 11) is 0. The summed E-state index contributed by atoms with van der Waals surface area (Å²) in [5.41, 5.74) is 18.4. The molecule has 9 aromatic carbocycles. The molecule has 0 radical (unpaired) electrons. The van der Waals surface area contributed by atoms with Gasteiger partial charge in [-0.15, -0.1) is 0 Å². The number of benzene rings is 9. The molecule has 0 aliphatic carbocycles. The first-order valence-electron chi connectivity index (χ1n) is 45.3. The van der Waals surface area contributed by atoms with Gasteiger partial charge in [0.2, 0.25) is 5.91 Å². The summed E-state index contributed by atoms with van der Waals surface area (Å²) in [6, 6.07) is 88.4. The van der Waals surface area contributed by atoms with E-state index in [0.29, 0.717) is 25.4 Å². The number of nitrogens with one attached hydrogen (secondary N) is 1. The summed E-state index contributed by atoms with van der Waals surface area (Å²) >= 11 is 0. The fraction of sp³-hybridized carbons (Fsp3) is 0.179. The zero-order chi connectivity index (χ0) is 95.2. The van der Waals surface area contributed by atoms with Crippen molar-refractivity contribution in [2.45, 2.75) is 133 Å². The molecule has 139 heavy (non-hydrogen) atoms. The third-order valence-electron chi connectivity index (χ3n) is 21.9. The Bertz CT molecular complexity index is 6430. The van der Waals surface area contributed by atoms with Crippen LogP contribution in [-0.4, -0.2) is 99.8 Å². The molecule has 0 aliphatic heterocycles. The minimum absolute atomic E-state index is 0. The monoisotopic (exact) mass is 1860 g/mol. The molecule has 1 amide bonds. The van der Waals surface area contributed by atoms with Crippen molar-refractivity contribution < 1.29 is 47.6 Å². The van der Waals surface area contributed by atoms with Crippen molar-refractivity contribution in [3.63, 3.8) is 0 Å². The fourth-order valence-electron chi connectivity index (χ4n) is 14.3. The van der Waals surface area contributed by atoms with Crippen LogP contribution in [0.5, 0.6) is 5.75 Å². The van der Waals surface area contributed by atoms with Gasteiger partial charge in [-0.1, -0.05) is 208 Å². The first kappa shape index (κ1) is 99.1. The molecule has 10 aromatic heterocycles. The lowest BCUT2D eigenvalue weighted by Crippen LogP contribution is -2.18. The molecule has 0 saturated heterocycles. The second kappa shape index (κ2) is 54.1. The Morgan fingerprint density at radius 1 is 0.259 bits per heavy atom. The Labute approximate surface area is 810 Å². The Morgan fingerprint density at radius 3 is 0.842 bits per heavy atom. The highest BCUT2D eigenvalue weighted by atomic mass is 16.7. The smallest absolute Gasteiger partial charge is 0.473 e. The highest BCUT2D eigenvalue weighted by Gasteiger charge is 2.14. The average molecular weight is 1860 g/mol. The summed E-state index contributed by atoms with van der Waals surface area (Å²) in [5.74, 6) is 0.537. The lowest BCUT2D eigenvalue weighted by Gasteiger charge is -2.13. The van der Waals surface area contributed by atoms with Crippen molar-refractivity contribution >= 4 is 24.2 Å². The van der Waals surface area contributed by atoms with Gasteiger partial charge in [-0.25, -0.2) is 44.3 Å². The number of carbonyl (C=O) groups is 4. The van der Waals surface area contributed by atoms with Crippen LogP contribution in [0.3, 0.4) is 0 Å². The quantitative estimate of drug-likeness (QED) is 0.0286. The van der Waals surface area contributed by atoms with E-state index in [-0.39, 0.29) is 52.3 Å². The number of imidazole rings is 6. The first-order valence-corrected chi connectivity index (χ1v) is 45.3. The van der Waals surface area contributed by atoms with Gasteiger partial charge in [0.25, 0.3) is 0 Å². The number of hydrogen-bond donors (Lipinski definition) is 1. The number of aromatic nitrogens is 16. The molecular formula is C112H115N17O10. The van der Waals surface area contributed by atoms with E-state index in [2.05, 4.69) is 138 Å². The lowest BCUT2D eigenvalue weighted by molar-refractivity contribution is -0.119. The van der Waals surface area contributed by atoms with Gasteiger partial charge in [0, 0.05) is 196 Å². The topological polar surface area (TPSA) is 262 Å². The predicted molar refractivity (Wildman–Crippen MR) is 534 cm³/mol. The molecule has 19 rings (SSSR count). The Kier molecular flexibility index (Phi) is 38.6. The Hall–Kier alpha value is -17.4. The molecule has 0 fully saturated rings. The van der Waals surface area contributed by atoms with Crippen LogP contribution in [0.25, 0.3) is 0 Å². The Balaban J connectivity index is 0.000000143. The summed E-state index contributed by atoms with van der Waals surface area (Å²) in [6.07, 6.45) is 48.8. The van der Waals surface area contributed by atoms with E-state index in [4.69, 9.17) is 28.4 Å². The summed E-state index contributed by atoms with van der Waals surface area (Å²) in [4.78, 5) is 71.3. The summed E-state index contributed by atoms with van der Waals surface area (Å²) < 4.78 is 52.6. The number of ether oxygens (including phenoxy) is 6. The molecule has 0 spiro atoms. The van der Waals surface area contributed by atoms with Gasteiger partial charge >= 0.3 is 18.3 Å². The zero-order valence-electron chi connectivity index (χ0n) is 77.2. The second-order valence-corrected chi connectivity index (χ2v) is 32.4. The predicted octanol–water partition coefficient (Wildman–Crippen LogP) is 20.9. The van der Waals surface area contributed by atoms with Crippen molar-refractivity contribution in [3.8, 4) is 5.75 Å². The number of esters is 1. The van der Waals surface area contributed by atoms with Gasteiger partial charge in [-0.2, -0.15) is 0 Å². The molecule has 0 bridgehead atoms. The van der Waals surface area contributed by atoms with E-state index < -0.39 is 12.3 Å². The number of carbonyl (C=O) groups excluding carboxylic acids is 4. The number of amides is 1. The third-order valence-corrected chi connectivity index (χ3v) is 21.9. The minimum atomic E-state index is -0.678. The molecule has 0 saturated carbocycles. The van der Waals surface area contributed by atoms with Crippen LogP contribution in [0.4, 0.5) is 9.59 Å². The molecule has 27 nitrogen and oxygen atoms in total. The third kappa shape index (κ3) is 34.6. The molecule has 19 aromatic rings. The number of hydrogen-bond acceptors (Lipinski definition) is 16. The maximum Gasteiger partial charge on any atom is 0.508 e. The van der Waals surface area contributed by atoms with Crippen LogP contribution in [0.2, 0.25) is 0 Å². The van der Waals surface area contributed by atoms with Crippen molar-refractivity contribution in [1.29, 1.82) is 0 Å². The fourth-order valence-corrected chi connectivity index (χ4v) is 14.3. The Morgan fingerprint density at radius 2 is 0.518 bits per heavy atom. The molecule has 1 N–H and O–H groups in total. The van der Waals surface area contributed by atoms with Gasteiger partial charge in [0.1, 0.15) is 38.8 Å². The maximum absolute atomic E-state index is 12.3. The number of aryl methyl sites for hydroxylation is 1. The number of rotatable bonds is 35. The highest BCUT2D eigenvalue weighted by Crippen LogP contribution is 2.21. The summed E-state index contributed by atoms with van der Waals surface area (Å²) in [6.45, 7) is 12.9. The highest BCUT2D eigenvalue weighted by molar-refractivity contribution is 5.89. The van der Waals surface area contributed by atoms with E-state index in [1.807, 2.05) is 304 Å². The standard InChI is InChI=1S/2C24H23N3O3.C23H21N3O2.C14H14N4O.C14H16N2O.C12H14N2.CH4/c28-24(29-17-22-9-3-1-7-20(22)15-26-12-5-6-13-26)30-18-23-10-4-2-8-21(23)16-27-14-11-25-19-27;28-24(29-17-22-7-3-20(4-8-22)15-26-12-1-2-13-26)30-18-23-9-5-21(6-10-23)16-27-14-11-25-19-27;27-23(22-9-7-20(8-10-22)16-26-14-11-24-18-26)28-17-21-5-3-19(4-6-21)15-25-12-1-2-13-25;1-3-14(19-12-18-8-6-16-11-18)4-2-13(1)9-17-7-5-15-10-17;1-12(17)15-10-13-4-6-14(7-5-13)11-16-8-2-3-9-16;1-2-11-3-5-12(6-4-11)9-14-8-7-13-10-14;/h2*1-14,19H,15-18H2;1-14,18H,15-17H2;1-8,10-11H,9,12H2;2-9H,10-11H2,1H3,(H,15,17);3-8,10H,2,9H2,1H3;1H4. The number of nitrogens with zero attached hydrogens (tertiary/aromatic N) is 16. The maximum atomic E-state index is 12.3. The lowest BCUT2D eigenvalue weighted by atomic mass is 10.1. The molecular weight excluding hydrogens is 1740 g/mol. The van der Waals surface area contributed by atoms with Gasteiger partial charge in [-0.3, -0.25) is 4.79 Å². The van der Waals surface area contributed by atoms with Gasteiger partial charge in [0.05, 0.1) is 43.5 Å². The minimum Gasteiger partial charge on any atom is -0.473 e. The van der Waals surface area contributed by atoms with Crippen LogP contribution in [0.15, 0.2) is 429 Å². The molecule has 708 valence electrons. The van der Waals surface area contributed by atoms with Crippen LogP contribution in [0, 0.1) is 0 Å². The van der Waals surface area contributed by atoms with E-state index >= 15 is 0 Å². The van der Waals surface area contributed by atoms with E-state index in [9.17, 15) is 19.2 Å².